The smallest absolute Gasteiger partial charge is 0.173 e. The first kappa shape index (κ1) is 11.7. The number of ketones is 1. The fourth-order valence-corrected chi connectivity index (χ4v) is 1.19. The van der Waals surface area contributed by atoms with Gasteiger partial charge in [-0.2, -0.15) is 10.5 Å². The number of nitrogens with zero attached hydrogens (tertiary/aromatic N) is 2. The van der Waals surface area contributed by atoms with E-state index in [-0.39, 0.29) is 11.4 Å². The third-order valence-electron chi connectivity index (χ3n) is 2.09. The van der Waals surface area contributed by atoms with Crippen LogP contribution in [0.15, 0.2) is 29.8 Å². The van der Waals surface area contributed by atoms with Gasteiger partial charge in [-0.15, -0.1) is 0 Å². The van der Waals surface area contributed by atoms with E-state index in [9.17, 15) is 4.79 Å². The fraction of sp³-hybridized carbons (Fsp3) is 0.154. The number of carbonyl (C=O) groups is 1. The van der Waals surface area contributed by atoms with Gasteiger partial charge in [0.15, 0.2) is 5.78 Å². The van der Waals surface area contributed by atoms with E-state index in [2.05, 4.69) is 0 Å². The molecule has 16 heavy (non-hydrogen) atoms. The van der Waals surface area contributed by atoms with Crippen LogP contribution in [0.5, 0.6) is 0 Å². The lowest BCUT2D eigenvalue weighted by molar-refractivity contribution is -0.114. The molecule has 0 aliphatic rings. The van der Waals surface area contributed by atoms with Gasteiger partial charge >= 0.3 is 0 Å². The van der Waals surface area contributed by atoms with Crippen molar-refractivity contribution in [3.8, 4) is 12.1 Å². The summed E-state index contributed by atoms with van der Waals surface area (Å²) in [6.45, 7) is 1.71. The number of nitriles is 2. The van der Waals surface area contributed by atoms with E-state index in [4.69, 9.17) is 10.5 Å². The van der Waals surface area contributed by atoms with Gasteiger partial charge in [-0.05, 0) is 23.8 Å². The van der Waals surface area contributed by atoms with E-state index in [0.29, 0.717) is 12.0 Å². The van der Waals surface area contributed by atoms with Crippen LogP contribution in [0.1, 0.15) is 24.5 Å². The second kappa shape index (κ2) is 5.48. The Morgan fingerprint density at radius 2 is 1.94 bits per heavy atom. The van der Waals surface area contributed by atoms with Crippen molar-refractivity contribution in [3.63, 3.8) is 0 Å². The molecule has 0 radical (unpaired) electrons. The van der Waals surface area contributed by atoms with Crippen molar-refractivity contribution in [2.24, 2.45) is 0 Å². The number of hydrogen-bond acceptors (Lipinski definition) is 3. The number of hydrogen-bond donors (Lipinski definition) is 0. The standard InChI is InChI=1S/C13H10N2O/c1-2-13(16)12(9-15)7-10-3-5-11(8-14)6-4-10/h3-7H,2H2,1H3/b12-7+. The van der Waals surface area contributed by atoms with Crippen molar-refractivity contribution < 1.29 is 4.79 Å². The third-order valence-corrected chi connectivity index (χ3v) is 2.09. The van der Waals surface area contributed by atoms with Gasteiger partial charge < -0.3 is 0 Å². The summed E-state index contributed by atoms with van der Waals surface area (Å²) < 4.78 is 0. The Hall–Kier alpha value is -2.39. The molecule has 1 rings (SSSR count). The molecule has 3 heteroatoms. The molecule has 1 aromatic rings. The normalized spacial score (nSPS) is 10.3. The molecular weight excluding hydrogens is 200 g/mol. The van der Waals surface area contributed by atoms with E-state index >= 15 is 0 Å². The van der Waals surface area contributed by atoms with Crippen molar-refractivity contribution in [1.82, 2.24) is 0 Å². The minimum atomic E-state index is -0.174. The lowest BCUT2D eigenvalue weighted by Gasteiger charge is -1.96. The number of rotatable bonds is 3. The zero-order valence-electron chi connectivity index (χ0n) is 8.90. The van der Waals surface area contributed by atoms with Crippen molar-refractivity contribution in [3.05, 3.63) is 41.0 Å². The van der Waals surface area contributed by atoms with Gasteiger partial charge in [0, 0.05) is 6.42 Å². The molecule has 0 aromatic heterocycles. The molecule has 0 unspecified atom stereocenters. The van der Waals surface area contributed by atoms with Crippen molar-refractivity contribution >= 4 is 11.9 Å². The monoisotopic (exact) mass is 210 g/mol. The Balaban J connectivity index is 3.02. The molecule has 0 saturated carbocycles. The topological polar surface area (TPSA) is 64.7 Å². The third kappa shape index (κ3) is 2.80. The Morgan fingerprint density at radius 1 is 1.31 bits per heavy atom. The predicted octanol–water partition coefficient (Wildman–Crippen LogP) is 2.44. The van der Waals surface area contributed by atoms with Crippen molar-refractivity contribution in [2.75, 3.05) is 0 Å². The number of carbonyl (C=O) groups excluding carboxylic acids is 1. The molecular formula is C13H10N2O. The first-order valence-electron chi connectivity index (χ1n) is 4.86. The molecule has 3 nitrogen and oxygen atoms in total. The zero-order chi connectivity index (χ0) is 12.0. The Kier molecular flexibility index (Phi) is 4.00. The van der Waals surface area contributed by atoms with Gasteiger partial charge in [-0.25, -0.2) is 0 Å². The molecule has 1 aromatic carbocycles. The summed E-state index contributed by atoms with van der Waals surface area (Å²) in [5, 5.41) is 17.4. The summed E-state index contributed by atoms with van der Waals surface area (Å²) in [5.41, 5.74) is 1.45. The largest absolute Gasteiger partial charge is 0.293 e. The molecule has 0 heterocycles. The first-order chi connectivity index (χ1) is 7.71. The van der Waals surface area contributed by atoms with Gasteiger partial charge in [-0.1, -0.05) is 19.1 Å². The minimum absolute atomic E-state index is 0.146. The van der Waals surface area contributed by atoms with E-state index in [1.165, 1.54) is 6.08 Å². The number of Topliss-reactive ketones (excluding diaryl/α,β-unsaturated/α-hetero) is 1. The van der Waals surface area contributed by atoms with Crippen LogP contribution in [0.2, 0.25) is 0 Å². The zero-order valence-corrected chi connectivity index (χ0v) is 8.90. The van der Waals surface area contributed by atoms with E-state index in [1.807, 2.05) is 12.1 Å². The Labute approximate surface area is 94.2 Å². The highest BCUT2D eigenvalue weighted by molar-refractivity contribution is 6.02. The summed E-state index contributed by atoms with van der Waals surface area (Å²) in [6, 6.07) is 10.6. The summed E-state index contributed by atoms with van der Waals surface area (Å²) >= 11 is 0. The maximum absolute atomic E-state index is 11.3. The second-order valence-corrected chi connectivity index (χ2v) is 3.18. The summed E-state index contributed by atoms with van der Waals surface area (Å²) in [7, 11) is 0. The summed E-state index contributed by atoms with van der Waals surface area (Å²) in [6.07, 6.45) is 1.85. The maximum atomic E-state index is 11.3. The number of benzene rings is 1. The van der Waals surface area contributed by atoms with Gasteiger partial charge in [0.25, 0.3) is 0 Å². The molecule has 0 spiro atoms. The van der Waals surface area contributed by atoms with Crippen molar-refractivity contribution in [1.29, 1.82) is 10.5 Å². The van der Waals surface area contributed by atoms with Crippen LogP contribution in [0.25, 0.3) is 6.08 Å². The highest BCUT2D eigenvalue weighted by Crippen LogP contribution is 2.10. The molecule has 0 atom stereocenters. The Bertz CT molecular complexity index is 498. The molecule has 78 valence electrons. The van der Waals surface area contributed by atoms with Crippen LogP contribution in [0.3, 0.4) is 0 Å². The summed E-state index contributed by atoms with van der Waals surface area (Å²) in [4.78, 5) is 11.3. The molecule has 0 saturated heterocycles. The van der Waals surface area contributed by atoms with E-state index in [1.54, 1.807) is 31.2 Å². The van der Waals surface area contributed by atoms with Crippen LogP contribution in [-0.2, 0) is 4.79 Å². The fourth-order valence-electron chi connectivity index (χ4n) is 1.19. The maximum Gasteiger partial charge on any atom is 0.173 e. The minimum Gasteiger partial charge on any atom is -0.293 e. The summed E-state index contributed by atoms with van der Waals surface area (Å²) in [5.74, 6) is -0.174. The van der Waals surface area contributed by atoms with Crippen LogP contribution >= 0.6 is 0 Å². The average molecular weight is 210 g/mol. The van der Waals surface area contributed by atoms with Gasteiger partial charge in [0.2, 0.25) is 0 Å². The molecule has 0 N–H and O–H groups in total. The lowest BCUT2D eigenvalue weighted by atomic mass is 10.1. The molecule has 0 aliphatic heterocycles. The lowest BCUT2D eigenvalue weighted by Crippen LogP contribution is -1.97. The van der Waals surface area contributed by atoms with Crippen LogP contribution in [0, 0.1) is 22.7 Å². The Morgan fingerprint density at radius 3 is 2.38 bits per heavy atom. The molecule has 0 fully saturated rings. The van der Waals surface area contributed by atoms with Gasteiger partial charge in [-0.3, -0.25) is 4.79 Å². The van der Waals surface area contributed by atoms with Crippen molar-refractivity contribution in [2.45, 2.75) is 13.3 Å². The number of allylic oxidation sites excluding steroid dienone is 1. The highest BCUT2D eigenvalue weighted by Gasteiger charge is 2.05. The van der Waals surface area contributed by atoms with E-state index < -0.39 is 0 Å². The highest BCUT2D eigenvalue weighted by atomic mass is 16.1. The average Bonchev–Trinajstić information content (AvgIpc) is 2.35. The predicted molar refractivity (Wildman–Crippen MR) is 60.0 cm³/mol. The molecule has 0 aliphatic carbocycles. The quantitative estimate of drug-likeness (QED) is 0.568. The van der Waals surface area contributed by atoms with Gasteiger partial charge in [0.1, 0.15) is 6.07 Å². The molecule has 0 bridgehead atoms. The SMILES string of the molecule is CCC(=O)/C(C#N)=C/c1ccc(C#N)cc1. The molecule has 0 amide bonds. The first-order valence-corrected chi connectivity index (χ1v) is 4.86. The van der Waals surface area contributed by atoms with Crippen LogP contribution < -0.4 is 0 Å². The van der Waals surface area contributed by atoms with Crippen LogP contribution in [0.4, 0.5) is 0 Å². The second-order valence-electron chi connectivity index (χ2n) is 3.18. The van der Waals surface area contributed by atoms with Crippen LogP contribution in [-0.4, -0.2) is 5.78 Å². The van der Waals surface area contributed by atoms with Gasteiger partial charge in [0.05, 0.1) is 17.2 Å². The van der Waals surface area contributed by atoms with E-state index in [0.717, 1.165) is 5.56 Å².